The highest BCUT2D eigenvalue weighted by Crippen LogP contribution is 2.40. The summed E-state index contributed by atoms with van der Waals surface area (Å²) >= 11 is 0. The van der Waals surface area contributed by atoms with E-state index < -0.39 is 26.3 Å². The van der Waals surface area contributed by atoms with Gasteiger partial charge in [-0.05, 0) is 49.4 Å². The Morgan fingerprint density at radius 1 is 1.36 bits per heavy atom. The molecule has 0 unspecified atom stereocenters. The lowest BCUT2D eigenvalue weighted by Gasteiger charge is -2.38. The lowest BCUT2D eigenvalue weighted by Crippen LogP contribution is -2.54. The number of carbonyl (C=O) groups is 1. The second-order valence-electron chi connectivity index (χ2n) is 6.07. The lowest BCUT2D eigenvalue weighted by atomic mass is 9.83. The fraction of sp³-hybridized carbons (Fsp3) is 0.533. The van der Waals surface area contributed by atoms with Crippen molar-refractivity contribution in [3.63, 3.8) is 0 Å². The second-order valence-corrected chi connectivity index (χ2v) is 8.39. The molecule has 0 aromatic heterocycles. The molecule has 3 rings (SSSR count). The summed E-state index contributed by atoms with van der Waals surface area (Å²) in [6.07, 6.45) is 2.92. The first-order valence-corrected chi connectivity index (χ1v) is 9.26. The number of carbonyl (C=O) groups excluding carboxylic acids is 1. The van der Waals surface area contributed by atoms with E-state index in [4.69, 9.17) is 0 Å². The van der Waals surface area contributed by atoms with Gasteiger partial charge in [-0.3, -0.25) is 4.79 Å². The Balaban J connectivity index is 1.89. The van der Waals surface area contributed by atoms with Crippen molar-refractivity contribution >= 4 is 21.4 Å². The third-order valence-corrected chi connectivity index (χ3v) is 6.75. The van der Waals surface area contributed by atoms with Gasteiger partial charge in [0.2, 0.25) is 5.91 Å². The summed E-state index contributed by atoms with van der Waals surface area (Å²) in [7, 11) is -3.52. The van der Waals surface area contributed by atoms with Crippen molar-refractivity contribution < 1.29 is 17.6 Å². The zero-order valence-corrected chi connectivity index (χ0v) is 13.2. The van der Waals surface area contributed by atoms with Crippen LogP contribution in [0.5, 0.6) is 0 Å². The average molecular weight is 326 g/mol. The molecule has 1 saturated carbocycles. The number of hydrogen-bond acceptors (Lipinski definition) is 4. The van der Waals surface area contributed by atoms with Crippen molar-refractivity contribution in [3.05, 3.63) is 29.1 Å². The minimum atomic E-state index is -3.52. The van der Waals surface area contributed by atoms with Gasteiger partial charge in [-0.1, -0.05) is 6.07 Å². The molecular weight excluding hydrogens is 307 g/mol. The van der Waals surface area contributed by atoms with Gasteiger partial charge in [0.05, 0.1) is 5.69 Å². The molecule has 1 fully saturated rings. The van der Waals surface area contributed by atoms with Crippen molar-refractivity contribution in [2.75, 3.05) is 18.1 Å². The van der Waals surface area contributed by atoms with E-state index >= 15 is 0 Å². The molecule has 120 valence electrons. The van der Waals surface area contributed by atoms with Crippen LogP contribution in [0.15, 0.2) is 12.1 Å². The van der Waals surface area contributed by atoms with E-state index in [0.717, 1.165) is 11.8 Å². The zero-order chi connectivity index (χ0) is 16.0. The molecule has 0 bridgehead atoms. The normalized spacial score (nSPS) is 19.9. The van der Waals surface area contributed by atoms with E-state index in [9.17, 15) is 17.6 Å². The summed E-state index contributed by atoms with van der Waals surface area (Å²) < 4.78 is 37.0. The standard InChI is InChI=1S/C15H19FN2O3S/c1-22(20,21)15(6-2-7-15)14(19)18-12-4-3-10-9-17-8-5-11(10)13(12)16/h3-4,17H,2,5-9H2,1H3,(H,18,19). The Labute approximate surface area is 129 Å². The van der Waals surface area contributed by atoms with Gasteiger partial charge in [0.25, 0.3) is 0 Å². The van der Waals surface area contributed by atoms with Gasteiger partial charge in [0.15, 0.2) is 14.6 Å². The summed E-state index contributed by atoms with van der Waals surface area (Å²) in [5.41, 5.74) is 1.54. The largest absolute Gasteiger partial charge is 0.322 e. The summed E-state index contributed by atoms with van der Waals surface area (Å²) in [5, 5.41) is 5.65. The van der Waals surface area contributed by atoms with Gasteiger partial charge >= 0.3 is 0 Å². The lowest BCUT2D eigenvalue weighted by molar-refractivity contribution is -0.120. The molecule has 1 aliphatic carbocycles. The number of hydrogen-bond donors (Lipinski definition) is 2. The number of halogens is 1. The molecule has 0 saturated heterocycles. The van der Waals surface area contributed by atoms with Crippen LogP contribution in [0.2, 0.25) is 0 Å². The molecule has 1 aliphatic heterocycles. The minimum absolute atomic E-state index is 0.0700. The number of benzene rings is 1. The molecule has 2 N–H and O–H groups in total. The van der Waals surface area contributed by atoms with Crippen molar-refractivity contribution in [1.82, 2.24) is 5.32 Å². The molecular formula is C15H19FN2O3S. The van der Waals surface area contributed by atoms with Crippen molar-refractivity contribution in [1.29, 1.82) is 0 Å². The van der Waals surface area contributed by atoms with Gasteiger partial charge in [-0.25, -0.2) is 12.8 Å². The van der Waals surface area contributed by atoms with Crippen molar-refractivity contribution in [2.45, 2.75) is 37.0 Å². The molecule has 0 atom stereocenters. The molecule has 1 heterocycles. The number of nitrogens with one attached hydrogen (secondary N) is 2. The van der Waals surface area contributed by atoms with Crippen LogP contribution in [-0.4, -0.2) is 31.9 Å². The first-order chi connectivity index (χ1) is 10.3. The molecule has 1 amide bonds. The van der Waals surface area contributed by atoms with Gasteiger partial charge in [-0.2, -0.15) is 0 Å². The number of sulfone groups is 1. The van der Waals surface area contributed by atoms with Gasteiger partial charge in [0, 0.05) is 12.8 Å². The smallest absolute Gasteiger partial charge is 0.245 e. The van der Waals surface area contributed by atoms with Gasteiger partial charge in [0.1, 0.15) is 5.82 Å². The Bertz CT molecular complexity index is 727. The van der Waals surface area contributed by atoms with Crippen molar-refractivity contribution in [3.8, 4) is 0 Å². The Morgan fingerprint density at radius 2 is 2.09 bits per heavy atom. The van der Waals surface area contributed by atoms with E-state index in [1.54, 1.807) is 6.07 Å². The Morgan fingerprint density at radius 3 is 2.68 bits per heavy atom. The zero-order valence-electron chi connectivity index (χ0n) is 12.4. The maximum Gasteiger partial charge on any atom is 0.245 e. The quantitative estimate of drug-likeness (QED) is 0.880. The van der Waals surface area contributed by atoms with Crippen LogP contribution in [0, 0.1) is 5.82 Å². The molecule has 2 aliphatic rings. The number of fused-ring (bicyclic) bond motifs is 1. The topological polar surface area (TPSA) is 75.3 Å². The SMILES string of the molecule is CS(=O)(=O)C1(C(=O)Nc2ccc3c(c2F)CCNC3)CCC1. The summed E-state index contributed by atoms with van der Waals surface area (Å²) in [6, 6.07) is 3.28. The van der Waals surface area contributed by atoms with E-state index in [1.165, 1.54) is 6.07 Å². The second kappa shape index (κ2) is 5.31. The summed E-state index contributed by atoms with van der Waals surface area (Å²) in [5.74, 6) is -1.07. The van der Waals surface area contributed by atoms with Crippen LogP contribution in [0.1, 0.15) is 30.4 Å². The molecule has 0 radical (unpaired) electrons. The predicted molar refractivity (Wildman–Crippen MR) is 81.9 cm³/mol. The number of anilines is 1. The third kappa shape index (κ3) is 2.32. The predicted octanol–water partition coefficient (Wildman–Crippen LogP) is 1.38. The molecule has 1 aromatic rings. The number of amides is 1. The molecule has 0 spiro atoms. The minimum Gasteiger partial charge on any atom is -0.322 e. The first kappa shape index (κ1) is 15.4. The van der Waals surface area contributed by atoms with Crippen LogP contribution in [0.4, 0.5) is 10.1 Å². The Hall–Kier alpha value is -1.47. The van der Waals surface area contributed by atoms with Crippen LogP contribution in [0.25, 0.3) is 0 Å². The first-order valence-electron chi connectivity index (χ1n) is 7.37. The monoisotopic (exact) mass is 326 g/mol. The Kier molecular flexibility index (Phi) is 3.72. The highest BCUT2D eigenvalue weighted by molar-refractivity contribution is 7.93. The highest BCUT2D eigenvalue weighted by Gasteiger charge is 2.53. The van der Waals surface area contributed by atoms with E-state index in [1.807, 2.05) is 0 Å². The number of rotatable bonds is 3. The fourth-order valence-electron chi connectivity index (χ4n) is 3.13. The third-order valence-electron chi connectivity index (χ3n) is 4.74. The van der Waals surface area contributed by atoms with E-state index in [2.05, 4.69) is 10.6 Å². The highest BCUT2D eigenvalue weighted by atomic mass is 32.2. The van der Waals surface area contributed by atoms with Crippen molar-refractivity contribution in [2.24, 2.45) is 0 Å². The van der Waals surface area contributed by atoms with Crippen LogP contribution < -0.4 is 10.6 Å². The van der Waals surface area contributed by atoms with Crippen LogP contribution in [-0.2, 0) is 27.6 Å². The maximum absolute atomic E-state index is 14.5. The van der Waals surface area contributed by atoms with E-state index in [0.29, 0.717) is 44.3 Å². The molecule has 7 heteroatoms. The van der Waals surface area contributed by atoms with Crippen LogP contribution >= 0.6 is 0 Å². The van der Waals surface area contributed by atoms with Gasteiger partial charge in [-0.15, -0.1) is 0 Å². The van der Waals surface area contributed by atoms with Crippen LogP contribution in [0.3, 0.4) is 0 Å². The van der Waals surface area contributed by atoms with Gasteiger partial charge < -0.3 is 10.6 Å². The fourth-order valence-corrected chi connectivity index (χ4v) is 4.55. The summed E-state index contributed by atoms with van der Waals surface area (Å²) in [4.78, 5) is 12.4. The maximum atomic E-state index is 14.5. The van der Waals surface area contributed by atoms with E-state index in [-0.39, 0.29) is 5.69 Å². The molecule has 22 heavy (non-hydrogen) atoms. The molecule has 1 aromatic carbocycles. The molecule has 5 nitrogen and oxygen atoms in total. The average Bonchev–Trinajstić information content (AvgIpc) is 2.39. The summed E-state index contributed by atoms with van der Waals surface area (Å²) in [6.45, 7) is 1.29.